The molecule has 0 radical (unpaired) electrons. The molecule has 0 saturated heterocycles. The average molecular weight is 396 g/mol. The number of nitrogens with zero attached hydrogens (tertiary/aromatic N) is 1. The zero-order chi connectivity index (χ0) is 17.6. The Morgan fingerprint density at radius 3 is 2.58 bits per heavy atom. The van der Waals surface area contributed by atoms with Gasteiger partial charge in [-0.15, -0.1) is 0 Å². The highest BCUT2D eigenvalue weighted by Crippen LogP contribution is 2.25. The minimum absolute atomic E-state index is 0.000712. The molecule has 2 amide bonds. The van der Waals surface area contributed by atoms with Crippen molar-refractivity contribution in [1.29, 1.82) is 0 Å². The van der Waals surface area contributed by atoms with E-state index in [0.717, 1.165) is 42.1 Å². The Bertz CT molecular complexity index is 585. The maximum atomic E-state index is 12.2. The van der Waals surface area contributed by atoms with E-state index in [0.29, 0.717) is 13.1 Å². The Kier molecular flexibility index (Phi) is 6.80. The zero-order valence-corrected chi connectivity index (χ0v) is 15.8. The van der Waals surface area contributed by atoms with E-state index in [9.17, 15) is 9.59 Å². The van der Waals surface area contributed by atoms with E-state index in [1.54, 1.807) is 11.9 Å². The van der Waals surface area contributed by atoms with Crippen LogP contribution in [0.4, 0.5) is 0 Å². The van der Waals surface area contributed by atoms with Crippen LogP contribution in [-0.2, 0) is 16.1 Å². The summed E-state index contributed by atoms with van der Waals surface area (Å²) in [6.45, 7) is 0.867. The van der Waals surface area contributed by atoms with Crippen LogP contribution >= 0.6 is 15.9 Å². The summed E-state index contributed by atoms with van der Waals surface area (Å²) >= 11 is 3.49. The van der Waals surface area contributed by atoms with Gasteiger partial charge in [0, 0.05) is 31.0 Å². The molecule has 1 fully saturated rings. The van der Waals surface area contributed by atoms with Gasteiger partial charge in [-0.05, 0) is 24.5 Å². The molecule has 1 aromatic carbocycles. The van der Waals surface area contributed by atoms with Crippen LogP contribution in [0.25, 0.3) is 0 Å². The average Bonchev–Trinajstić information content (AvgIpc) is 2.57. The standard InChI is InChI=1S/C18H26BrN3O2/c1-22(13-14-7-3-4-8-15(14)19)16(23)9-12-21-17(24)18(20)10-5-2-6-11-18/h3-4,7-8H,2,5-6,9-13,20H2,1H3,(H,21,24). The van der Waals surface area contributed by atoms with Crippen LogP contribution in [0.2, 0.25) is 0 Å². The van der Waals surface area contributed by atoms with Crippen molar-refractivity contribution < 1.29 is 9.59 Å². The van der Waals surface area contributed by atoms with Crippen LogP contribution in [0.5, 0.6) is 0 Å². The molecule has 1 aromatic rings. The van der Waals surface area contributed by atoms with E-state index in [-0.39, 0.29) is 18.2 Å². The summed E-state index contributed by atoms with van der Waals surface area (Å²) in [5.41, 5.74) is 6.49. The molecule has 24 heavy (non-hydrogen) atoms. The van der Waals surface area contributed by atoms with Crippen LogP contribution < -0.4 is 11.1 Å². The zero-order valence-electron chi connectivity index (χ0n) is 14.2. The van der Waals surface area contributed by atoms with E-state index < -0.39 is 5.54 Å². The SMILES string of the molecule is CN(Cc1ccccc1Br)C(=O)CCNC(=O)C1(N)CCCCC1. The summed E-state index contributed by atoms with van der Waals surface area (Å²) in [6, 6.07) is 7.83. The van der Waals surface area contributed by atoms with Crippen LogP contribution in [-0.4, -0.2) is 35.8 Å². The lowest BCUT2D eigenvalue weighted by Gasteiger charge is -2.31. The summed E-state index contributed by atoms with van der Waals surface area (Å²) in [7, 11) is 1.77. The lowest BCUT2D eigenvalue weighted by atomic mass is 9.82. The topological polar surface area (TPSA) is 75.4 Å². The molecule has 1 aliphatic rings. The Morgan fingerprint density at radius 2 is 1.92 bits per heavy atom. The molecular formula is C18H26BrN3O2. The number of hydrogen-bond donors (Lipinski definition) is 2. The molecule has 0 atom stereocenters. The van der Waals surface area contributed by atoms with Gasteiger partial charge < -0.3 is 16.0 Å². The van der Waals surface area contributed by atoms with Crippen molar-refractivity contribution in [2.75, 3.05) is 13.6 Å². The molecule has 0 aliphatic heterocycles. The summed E-state index contributed by atoms with van der Waals surface area (Å²) in [5, 5.41) is 2.83. The molecule has 1 saturated carbocycles. The molecule has 6 heteroatoms. The highest BCUT2D eigenvalue weighted by atomic mass is 79.9. The smallest absolute Gasteiger partial charge is 0.240 e. The van der Waals surface area contributed by atoms with Gasteiger partial charge in [-0.25, -0.2) is 0 Å². The van der Waals surface area contributed by atoms with Gasteiger partial charge in [-0.2, -0.15) is 0 Å². The predicted octanol–water partition coefficient (Wildman–Crippen LogP) is 2.58. The number of nitrogens with one attached hydrogen (secondary N) is 1. The summed E-state index contributed by atoms with van der Waals surface area (Å²) < 4.78 is 0.986. The van der Waals surface area contributed by atoms with Crippen molar-refractivity contribution >= 4 is 27.7 Å². The van der Waals surface area contributed by atoms with Gasteiger partial charge >= 0.3 is 0 Å². The van der Waals surface area contributed by atoms with Crippen molar-refractivity contribution in [3.8, 4) is 0 Å². The van der Waals surface area contributed by atoms with Gasteiger partial charge in [0.15, 0.2) is 0 Å². The van der Waals surface area contributed by atoms with Crippen LogP contribution in [0.1, 0.15) is 44.1 Å². The van der Waals surface area contributed by atoms with Gasteiger partial charge in [0.25, 0.3) is 0 Å². The largest absolute Gasteiger partial charge is 0.354 e. The second kappa shape index (κ2) is 8.62. The first-order valence-corrected chi connectivity index (χ1v) is 9.26. The third-order valence-corrected chi connectivity index (χ3v) is 5.39. The van der Waals surface area contributed by atoms with Gasteiger partial charge in [-0.3, -0.25) is 9.59 Å². The normalized spacial score (nSPS) is 16.5. The molecule has 0 heterocycles. The molecule has 132 valence electrons. The van der Waals surface area contributed by atoms with Crippen LogP contribution in [0.3, 0.4) is 0 Å². The second-order valence-corrected chi connectivity index (χ2v) is 7.42. The number of carbonyl (C=O) groups is 2. The van der Waals surface area contributed by atoms with E-state index in [2.05, 4.69) is 21.2 Å². The van der Waals surface area contributed by atoms with E-state index in [1.165, 1.54) is 0 Å². The fourth-order valence-corrected chi connectivity index (χ4v) is 3.44. The highest BCUT2D eigenvalue weighted by Gasteiger charge is 2.34. The summed E-state index contributed by atoms with van der Waals surface area (Å²) in [5.74, 6) is -0.121. The second-order valence-electron chi connectivity index (χ2n) is 6.56. The van der Waals surface area contributed by atoms with Crippen molar-refractivity contribution in [2.45, 2.75) is 50.6 Å². The first-order valence-electron chi connectivity index (χ1n) is 8.47. The molecule has 3 N–H and O–H groups in total. The number of halogens is 1. The Hall–Kier alpha value is -1.40. The Labute approximate surface area is 152 Å². The summed E-state index contributed by atoms with van der Waals surface area (Å²) in [4.78, 5) is 26.1. The minimum Gasteiger partial charge on any atom is -0.354 e. The van der Waals surface area contributed by atoms with E-state index >= 15 is 0 Å². The molecule has 5 nitrogen and oxygen atoms in total. The number of rotatable bonds is 6. The molecule has 0 unspecified atom stereocenters. The maximum Gasteiger partial charge on any atom is 0.240 e. The lowest BCUT2D eigenvalue weighted by Crippen LogP contribution is -2.55. The Morgan fingerprint density at radius 1 is 1.25 bits per heavy atom. The van der Waals surface area contributed by atoms with Gasteiger partial charge in [-0.1, -0.05) is 53.4 Å². The fraction of sp³-hybridized carbons (Fsp3) is 0.556. The van der Waals surface area contributed by atoms with Crippen LogP contribution in [0, 0.1) is 0 Å². The van der Waals surface area contributed by atoms with Crippen molar-refractivity contribution in [1.82, 2.24) is 10.2 Å². The minimum atomic E-state index is -0.748. The molecule has 0 spiro atoms. The monoisotopic (exact) mass is 395 g/mol. The molecule has 0 aromatic heterocycles. The Balaban J connectivity index is 1.76. The molecular weight excluding hydrogens is 370 g/mol. The number of hydrogen-bond acceptors (Lipinski definition) is 3. The maximum absolute atomic E-state index is 12.2. The van der Waals surface area contributed by atoms with E-state index in [4.69, 9.17) is 5.73 Å². The van der Waals surface area contributed by atoms with Crippen molar-refractivity contribution in [3.63, 3.8) is 0 Å². The molecule has 0 bridgehead atoms. The lowest BCUT2D eigenvalue weighted by molar-refractivity contribution is -0.131. The first kappa shape index (κ1) is 18.9. The number of nitrogens with two attached hydrogens (primary N) is 1. The van der Waals surface area contributed by atoms with Gasteiger partial charge in [0.2, 0.25) is 11.8 Å². The number of carbonyl (C=O) groups excluding carboxylic acids is 2. The fourth-order valence-electron chi connectivity index (χ4n) is 3.03. The van der Waals surface area contributed by atoms with E-state index in [1.807, 2.05) is 24.3 Å². The summed E-state index contributed by atoms with van der Waals surface area (Å²) in [6.07, 6.45) is 4.88. The van der Waals surface area contributed by atoms with Crippen LogP contribution in [0.15, 0.2) is 28.7 Å². The quantitative estimate of drug-likeness (QED) is 0.776. The van der Waals surface area contributed by atoms with Crippen molar-refractivity contribution in [2.24, 2.45) is 5.73 Å². The van der Waals surface area contributed by atoms with Gasteiger partial charge in [0.05, 0.1) is 5.54 Å². The first-order chi connectivity index (χ1) is 11.4. The third-order valence-electron chi connectivity index (χ3n) is 4.61. The molecule has 2 rings (SSSR count). The number of benzene rings is 1. The van der Waals surface area contributed by atoms with Gasteiger partial charge in [0.1, 0.15) is 0 Å². The predicted molar refractivity (Wildman–Crippen MR) is 98.2 cm³/mol. The molecule has 1 aliphatic carbocycles. The number of amides is 2. The van der Waals surface area contributed by atoms with Crippen molar-refractivity contribution in [3.05, 3.63) is 34.3 Å². The third kappa shape index (κ3) is 5.05. The highest BCUT2D eigenvalue weighted by molar-refractivity contribution is 9.10.